The number of benzene rings is 1. The maximum Gasteiger partial charge on any atom is 0.391 e. The Balaban J connectivity index is 1.63. The number of halogens is 3. The molecule has 0 bridgehead atoms. The first-order valence-corrected chi connectivity index (χ1v) is 13.5. The number of morpholine rings is 1. The van der Waals surface area contributed by atoms with E-state index in [0.29, 0.717) is 36.7 Å². The van der Waals surface area contributed by atoms with Crippen LogP contribution < -0.4 is 10.2 Å². The maximum absolute atomic E-state index is 13.0. The molecular formula is C28H38F3N5O2. The third kappa shape index (κ3) is 7.44. The van der Waals surface area contributed by atoms with Crippen molar-refractivity contribution in [1.29, 1.82) is 0 Å². The molecule has 2 aliphatic rings. The van der Waals surface area contributed by atoms with Crippen LogP contribution in [0.25, 0.3) is 0 Å². The van der Waals surface area contributed by atoms with E-state index in [1.54, 1.807) is 4.90 Å². The van der Waals surface area contributed by atoms with E-state index in [-0.39, 0.29) is 30.8 Å². The number of carbonyl (C=O) groups is 1. The Labute approximate surface area is 222 Å². The van der Waals surface area contributed by atoms with Crippen molar-refractivity contribution in [3.8, 4) is 0 Å². The average molecular weight is 534 g/mol. The molecule has 0 radical (unpaired) electrons. The molecule has 4 rings (SSSR count). The molecule has 1 aromatic heterocycles. The topological polar surface area (TPSA) is 70.6 Å². The lowest BCUT2D eigenvalue weighted by atomic mass is 9.84. The molecule has 0 amide bonds. The second-order valence-electron chi connectivity index (χ2n) is 10.7. The van der Waals surface area contributed by atoms with E-state index < -0.39 is 18.7 Å². The molecule has 208 valence electrons. The van der Waals surface area contributed by atoms with Crippen LogP contribution in [0.3, 0.4) is 0 Å². The SMILES string of the molecule is CC(C)N(C)Cc1c(C=O)nc(N2CCOC(CC(F)(F)F)C2)nc1Nc1ccc(C2CCCCC2)cc1. The fourth-order valence-electron chi connectivity index (χ4n) is 5.11. The molecule has 1 aliphatic carbocycles. The molecule has 2 fully saturated rings. The van der Waals surface area contributed by atoms with Gasteiger partial charge in [0.05, 0.1) is 19.1 Å². The van der Waals surface area contributed by atoms with E-state index in [9.17, 15) is 18.0 Å². The number of hydrogen-bond acceptors (Lipinski definition) is 7. The largest absolute Gasteiger partial charge is 0.391 e. The predicted molar refractivity (Wildman–Crippen MR) is 142 cm³/mol. The van der Waals surface area contributed by atoms with Crippen LogP contribution in [0.15, 0.2) is 24.3 Å². The van der Waals surface area contributed by atoms with Gasteiger partial charge in [-0.1, -0.05) is 31.4 Å². The summed E-state index contributed by atoms with van der Waals surface area (Å²) in [6.45, 7) is 5.02. The van der Waals surface area contributed by atoms with E-state index in [1.165, 1.54) is 37.7 Å². The summed E-state index contributed by atoms with van der Waals surface area (Å²) in [5, 5.41) is 3.38. The Morgan fingerprint density at radius 2 is 1.87 bits per heavy atom. The highest BCUT2D eigenvalue weighted by atomic mass is 19.4. The van der Waals surface area contributed by atoms with Crippen LogP contribution in [0, 0.1) is 0 Å². The van der Waals surface area contributed by atoms with Crippen LogP contribution in [0.2, 0.25) is 0 Å². The monoisotopic (exact) mass is 533 g/mol. The fraction of sp³-hybridized carbons (Fsp3) is 0.607. The van der Waals surface area contributed by atoms with Crippen molar-refractivity contribution in [1.82, 2.24) is 14.9 Å². The van der Waals surface area contributed by atoms with Crippen LogP contribution in [0.4, 0.5) is 30.6 Å². The van der Waals surface area contributed by atoms with Crippen LogP contribution in [0.1, 0.15) is 79.9 Å². The van der Waals surface area contributed by atoms with Gasteiger partial charge >= 0.3 is 6.18 Å². The van der Waals surface area contributed by atoms with E-state index in [2.05, 4.69) is 41.2 Å². The number of ether oxygens (including phenoxy) is 1. The molecule has 0 spiro atoms. The van der Waals surface area contributed by atoms with Gasteiger partial charge in [-0.05, 0) is 57.4 Å². The zero-order valence-electron chi connectivity index (χ0n) is 22.4. The van der Waals surface area contributed by atoms with Crippen molar-refractivity contribution in [2.45, 2.75) is 83.2 Å². The molecule has 1 saturated heterocycles. The van der Waals surface area contributed by atoms with Crippen LogP contribution in [-0.2, 0) is 11.3 Å². The van der Waals surface area contributed by atoms with Crippen molar-refractivity contribution in [2.75, 3.05) is 37.0 Å². The number of nitrogens with zero attached hydrogens (tertiary/aromatic N) is 4. The number of carbonyl (C=O) groups excluding carboxylic acids is 1. The second kappa shape index (κ2) is 12.4. The highest BCUT2D eigenvalue weighted by molar-refractivity contribution is 5.79. The Bertz CT molecular complexity index is 1070. The van der Waals surface area contributed by atoms with Gasteiger partial charge in [0, 0.05) is 36.9 Å². The van der Waals surface area contributed by atoms with Crippen LogP contribution in [-0.4, -0.2) is 66.2 Å². The third-order valence-corrected chi connectivity index (χ3v) is 7.56. The summed E-state index contributed by atoms with van der Waals surface area (Å²) in [7, 11) is 1.96. The minimum atomic E-state index is -4.33. The Hall–Kier alpha value is -2.72. The predicted octanol–water partition coefficient (Wildman–Crippen LogP) is 6.08. The Morgan fingerprint density at radius 3 is 2.50 bits per heavy atom. The average Bonchev–Trinajstić information content (AvgIpc) is 2.89. The first kappa shape index (κ1) is 28.3. The molecule has 10 heteroatoms. The van der Waals surface area contributed by atoms with Crippen molar-refractivity contribution in [2.24, 2.45) is 0 Å². The maximum atomic E-state index is 13.0. The molecule has 1 aliphatic heterocycles. The van der Waals surface area contributed by atoms with Gasteiger partial charge in [-0.3, -0.25) is 9.69 Å². The summed E-state index contributed by atoms with van der Waals surface area (Å²) in [6, 6.07) is 8.56. The summed E-state index contributed by atoms with van der Waals surface area (Å²) in [5.74, 6) is 1.29. The second-order valence-corrected chi connectivity index (χ2v) is 10.7. The van der Waals surface area contributed by atoms with Gasteiger partial charge in [0.1, 0.15) is 11.5 Å². The first-order valence-electron chi connectivity index (χ1n) is 13.5. The lowest BCUT2D eigenvalue weighted by Crippen LogP contribution is -2.45. The van der Waals surface area contributed by atoms with Crippen LogP contribution in [0.5, 0.6) is 0 Å². The molecule has 1 unspecified atom stereocenters. The van der Waals surface area contributed by atoms with Gasteiger partial charge in [-0.2, -0.15) is 18.2 Å². The molecule has 1 N–H and O–H groups in total. The first-order chi connectivity index (χ1) is 18.1. The summed E-state index contributed by atoms with van der Waals surface area (Å²) < 4.78 is 44.3. The number of nitrogens with one attached hydrogen (secondary N) is 1. The smallest absolute Gasteiger partial charge is 0.374 e. The number of alkyl halides is 3. The lowest BCUT2D eigenvalue weighted by Gasteiger charge is -2.34. The number of aromatic nitrogens is 2. The summed E-state index contributed by atoms with van der Waals surface area (Å²) in [6.07, 6.45) is 0.573. The van der Waals surface area contributed by atoms with E-state index >= 15 is 0 Å². The highest BCUT2D eigenvalue weighted by Gasteiger charge is 2.35. The Morgan fingerprint density at radius 1 is 1.16 bits per heavy atom. The summed E-state index contributed by atoms with van der Waals surface area (Å²) in [4.78, 5) is 25.1. The lowest BCUT2D eigenvalue weighted by molar-refractivity contribution is -0.161. The summed E-state index contributed by atoms with van der Waals surface area (Å²) >= 11 is 0. The number of anilines is 3. The van der Waals surface area contributed by atoms with Gasteiger partial charge in [-0.25, -0.2) is 4.98 Å². The normalized spacial score (nSPS) is 19.3. The summed E-state index contributed by atoms with van der Waals surface area (Å²) in [5.41, 5.74) is 3.03. The van der Waals surface area contributed by atoms with Gasteiger partial charge in [-0.15, -0.1) is 0 Å². The molecule has 38 heavy (non-hydrogen) atoms. The molecule has 1 atom stereocenters. The van der Waals surface area contributed by atoms with Gasteiger partial charge in [0.25, 0.3) is 0 Å². The van der Waals surface area contributed by atoms with Crippen LogP contribution >= 0.6 is 0 Å². The minimum Gasteiger partial charge on any atom is -0.374 e. The highest BCUT2D eigenvalue weighted by Crippen LogP contribution is 2.34. The zero-order valence-corrected chi connectivity index (χ0v) is 22.4. The molecule has 2 heterocycles. The molecule has 1 saturated carbocycles. The fourth-order valence-corrected chi connectivity index (χ4v) is 5.11. The molecule has 1 aromatic carbocycles. The quantitative estimate of drug-likeness (QED) is 0.392. The van der Waals surface area contributed by atoms with Crippen molar-refractivity contribution < 1.29 is 22.7 Å². The molecular weight excluding hydrogens is 495 g/mol. The van der Waals surface area contributed by atoms with Gasteiger partial charge < -0.3 is 15.0 Å². The standard InChI is InChI=1S/C28H38F3N5O2/c1-19(2)35(3)17-24-25(18-37)33-27(36-13-14-38-23(16-36)15-28(29,30)31)34-26(24)32-22-11-9-21(10-12-22)20-7-5-4-6-8-20/h9-12,18-20,23H,4-8,13-17H2,1-3H3,(H,32,33,34). The zero-order chi connectivity index (χ0) is 27.3. The molecule has 7 nitrogen and oxygen atoms in total. The minimum absolute atomic E-state index is 0.00141. The number of rotatable bonds is 9. The van der Waals surface area contributed by atoms with Crippen molar-refractivity contribution in [3.63, 3.8) is 0 Å². The number of hydrogen-bond donors (Lipinski definition) is 1. The van der Waals surface area contributed by atoms with E-state index in [1.807, 2.05) is 19.2 Å². The van der Waals surface area contributed by atoms with E-state index in [0.717, 1.165) is 5.69 Å². The Kier molecular flexibility index (Phi) is 9.25. The third-order valence-electron chi connectivity index (χ3n) is 7.56. The number of aldehydes is 1. The molecule has 2 aromatic rings. The van der Waals surface area contributed by atoms with Gasteiger partial charge in [0.2, 0.25) is 5.95 Å². The van der Waals surface area contributed by atoms with E-state index in [4.69, 9.17) is 9.72 Å². The van der Waals surface area contributed by atoms with Gasteiger partial charge in [0.15, 0.2) is 6.29 Å². The van der Waals surface area contributed by atoms with Crippen molar-refractivity contribution >= 4 is 23.7 Å². The van der Waals surface area contributed by atoms with Crippen molar-refractivity contribution in [3.05, 3.63) is 41.1 Å².